The van der Waals surface area contributed by atoms with Crippen LogP contribution in [-0.4, -0.2) is 46.4 Å². The van der Waals surface area contributed by atoms with Gasteiger partial charge in [-0.1, -0.05) is 69.8 Å². The van der Waals surface area contributed by atoms with Crippen molar-refractivity contribution in [3.05, 3.63) is 95.6 Å². The maximum absolute atomic E-state index is 14.7. The Labute approximate surface area is 239 Å². The Morgan fingerprint density at radius 2 is 1.41 bits per heavy atom. The van der Waals surface area contributed by atoms with E-state index in [1.54, 1.807) is 73.7 Å². The van der Waals surface area contributed by atoms with Crippen molar-refractivity contribution in [3.8, 4) is 0 Å². The lowest BCUT2D eigenvalue weighted by molar-refractivity contribution is -0.189. The Balaban J connectivity index is 1.53. The number of benzene rings is 2. The second kappa shape index (κ2) is 9.08. The van der Waals surface area contributed by atoms with Gasteiger partial charge in [-0.2, -0.15) is 0 Å². The molecule has 0 amide bonds. The van der Waals surface area contributed by atoms with E-state index in [1.807, 2.05) is 6.92 Å². The van der Waals surface area contributed by atoms with Crippen LogP contribution >= 0.6 is 0 Å². The average Bonchev–Trinajstić information content (AvgIpc) is 3.44. The van der Waals surface area contributed by atoms with Crippen molar-refractivity contribution in [2.45, 2.75) is 51.9 Å². The minimum absolute atomic E-state index is 0.0925. The van der Waals surface area contributed by atoms with Crippen molar-refractivity contribution in [2.24, 2.45) is 34.5 Å². The van der Waals surface area contributed by atoms with Crippen LogP contribution < -0.4 is 0 Å². The number of esters is 2. The van der Waals surface area contributed by atoms with Gasteiger partial charge in [0, 0.05) is 5.57 Å². The molecule has 7 heteroatoms. The highest BCUT2D eigenvalue weighted by Crippen LogP contribution is 2.72. The number of rotatable bonds is 4. The molecule has 0 aliphatic heterocycles. The van der Waals surface area contributed by atoms with Crippen molar-refractivity contribution in [1.29, 1.82) is 0 Å². The van der Waals surface area contributed by atoms with E-state index in [0.717, 1.165) is 0 Å². The van der Waals surface area contributed by atoms with Gasteiger partial charge in [0.15, 0.2) is 29.4 Å². The van der Waals surface area contributed by atoms with E-state index in [9.17, 15) is 24.3 Å². The van der Waals surface area contributed by atoms with Gasteiger partial charge in [-0.15, -0.1) is 0 Å². The molecule has 7 nitrogen and oxygen atoms in total. The summed E-state index contributed by atoms with van der Waals surface area (Å²) in [7, 11) is 0. The Morgan fingerprint density at radius 1 is 0.902 bits per heavy atom. The standard InChI is InChI=1S/C34H34O7/c1-18-17-33-19(2)16-23-25(32(23,4)5)24(27(33)36)26(35)20(3)29(41-31(38)22-14-10-7-11-15-22)34(33,39)28(18)40-30(37)21-12-8-6-9-13-21/h6-15,17,19,23-25,28-29,39H,3,16H2,1-2,4-5H3/t19-,23-,24+,25-,28+,29-,33+,34-/m1/s1. The van der Waals surface area contributed by atoms with E-state index in [0.29, 0.717) is 12.0 Å². The largest absolute Gasteiger partial charge is 0.451 e. The number of hydrogen-bond donors (Lipinski definition) is 1. The van der Waals surface area contributed by atoms with Gasteiger partial charge in [0.25, 0.3) is 0 Å². The number of fused-ring (bicyclic) bond motifs is 3. The first-order chi connectivity index (χ1) is 19.4. The van der Waals surface area contributed by atoms with E-state index < -0.39 is 58.6 Å². The number of carbonyl (C=O) groups is 4. The summed E-state index contributed by atoms with van der Waals surface area (Å²) in [5.41, 5.74) is -3.45. The molecule has 41 heavy (non-hydrogen) atoms. The van der Waals surface area contributed by atoms with Gasteiger partial charge in [-0.05, 0) is 66.4 Å². The number of aliphatic hydroxyl groups is 1. The van der Waals surface area contributed by atoms with Crippen molar-refractivity contribution >= 4 is 23.5 Å². The molecule has 2 bridgehead atoms. The third-order valence-corrected chi connectivity index (χ3v) is 10.3. The van der Waals surface area contributed by atoms with E-state index in [2.05, 4.69) is 20.4 Å². The van der Waals surface area contributed by atoms with Gasteiger partial charge >= 0.3 is 11.9 Å². The van der Waals surface area contributed by atoms with Crippen LogP contribution in [0.25, 0.3) is 0 Å². The highest BCUT2D eigenvalue weighted by Gasteiger charge is 2.79. The molecule has 3 fully saturated rings. The van der Waals surface area contributed by atoms with Crippen LogP contribution in [0.15, 0.2) is 84.5 Å². The zero-order valence-electron chi connectivity index (χ0n) is 23.6. The van der Waals surface area contributed by atoms with Gasteiger partial charge in [0.1, 0.15) is 0 Å². The minimum atomic E-state index is -2.30. The fourth-order valence-electron chi connectivity index (χ4n) is 8.12. The summed E-state index contributed by atoms with van der Waals surface area (Å²) in [6.07, 6.45) is -0.770. The SMILES string of the molecule is C=C1C(=O)[C@H]2C(=O)[C@]3(C=C(C)[C@H](OC(=O)c4ccccc4)[C@@]3(O)[C@@H]1OC(=O)c1ccccc1)[C@H](C)C[C@@H]1[C@H]2C1(C)C. The third kappa shape index (κ3) is 3.61. The quantitative estimate of drug-likeness (QED) is 0.252. The average molecular weight is 555 g/mol. The number of ketones is 2. The van der Waals surface area contributed by atoms with E-state index >= 15 is 0 Å². The molecule has 2 aromatic rings. The van der Waals surface area contributed by atoms with Crippen molar-refractivity contribution in [1.82, 2.24) is 0 Å². The Bertz CT molecular complexity index is 1510. The molecular weight excluding hydrogens is 520 g/mol. The first-order valence-corrected chi connectivity index (χ1v) is 14.1. The summed E-state index contributed by atoms with van der Waals surface area (Å²) in [4.78, 5) is 55.7. The summed E-state index contributed by atoms with van der Waals surface area (Å²) < 4.78 is 12.0. The maximum Gasteiger partial charge on any atom is 0.338 e. The summed E-state index contributed by atoms with van der Waals surface area (Å²) in [5.74, 6) is -4.09. The van der Waals surface area contributed by atoms with Crippen molar-refractivity contribution < 1.29 is 33.8 Å². The number of Topliss-reactive ketones (excluding diaryl/α,β-unsaturated/α-hetero) is 2. The van der Waals surface area contributed by atoms with Crippen LogP contribution in [0, 0.1) is 34.5 Å². The number of carbonyl (C=O) groups excluding carboxylic acids is 4. The lowest BCUT2D eigenvalue weighted by atomic mass is 9.59. The molecule has 0 aromatic heterocycles. The molecular formula is C34H34O7. The molecule has 3 saturated carbocycles. The van der Waals surface area contributed by atoms with Gasteiger partial charge in [-0.3, -0.25) is 9.59 Å². The highest BCUT2D eigenvalue weighted by molar-refractivity contribution is 6.16. The maximum atomic E-state index is 14.7. The highest BCUT2D eigenvalue weighted by atomic mass is 16.6. The molecule has 0 saturated heterocycles. The molecule has 8 atom stereocenters. The topological polar surface area (TPSA) is 107 Å². The van der Waals surface area contributed by atoms with Crippen LogP contribution in [0.1, 0.15) is 54.8 Å². The molecule has 0 heterocycles. The normalized spacial score (nSPS) is 36.7. The fourth-order valence-corrected chi connectivity index (χ4v) is 8.12. The molecule has 4 aliphatic rings. The van der Waals surface area contributed by atoms with E-state index in [1.165, 1.54) is 0 Å². The van der Waals surface area contributed by atoms with E-state index in [-0.39, 0.29) is 34.0 Å². The summed E-state index contributed by atoms with van der Waals surface area (Å²) in [5, 5.41) is 13.0. The number of hydrogen-bond acceptors (Lipinski definition) is 7. The van der Waals surface area contributed by atoms with Crippen LogP contribution in [0.3, 0.4) is 0 Å². The molecule has 1 N–H and O–H groups in total. The second-order valence-electron chi connectivity index (χ2n) is 12.7. The molecule has 6 rings (SSSR count). The molecule has 212 valence electrons. The molecule has 4 aliphatic carbocycles. The lowest BCUT2D eigenvalue weighted by Crippen LogP contribution is -2.66. The van der Waals surface area contributed by atoms with Crippen molar-refractivity contribution in [3.63, 3.8) is 0 Å². The van der Waals surface area contributed by atoms with Gasteiger partial charge < -0.3 is 14.6 Å². The minimum Gasteiger partial charge on any atom is -0.451 e. The first-order valence-electron chi connectivity index (χ1n) is 14.1. The zero-order valence-corrected chi connectivity index (χ0v) is 23.6. The fraction of sp³-hybridized carbons (Fsp3) is 0.412. The summed E-state index contributed by atoms with van der Waals surface area (Å²) in [6.45, 7) is 11.7. The Kier molecular flexibility index (Phi) is 6.05. The Hall–Kier alpha value is -3.84. The van der Waals surface area contributed by atoms with Gasteiger partial charge in [-0.25, -0.2) is 9.59 Å². The monoisotopic (exact) mass is 554 g/mol. The molecule has 0 radical (unpaired) electrons. The van der Waals surface area contributed by atoms with E-state index in [4.69, 9.17) is 9.47 Å². The third-order valence-electron chi connectivity index (χ3n) is 10.3. The second-order valence-corrected chi connectivity index (χ2v) is 12.7. The number of ether oxygens (including phenoxy) is 2. The van der Waals surface area contributed by atoms with Crippen LogP contribution in [-0.2, 0) is 19.1 Å². The molecule has 1 spiro atoms. The predicted molar refractivity (Wildman–Crippen MR) is 150 cm³/mol. The summed E-state index contributed by atoms with van der Waals surface area (Å²) in [6, 6.07) is 16.5. The Morgan fingerprint density at radius 3 is 1.95 bits per heavy atom. The summed E-state index contributed by atoms with van der Waals surface area (Å²) >= 11 is 0. The van der Waals surface area contributed by atoms with Crippen molar-refractivity contribution in [2.75, 3.05) is 0 Å². The van der Waals surface area contributed by atoms with Crippen LogP contribution in [0.5, 0.6) is 0 Å². The predicted octanol–water partition coefficient (Wildman–Crippen LogP) is 4.75. The first kappa shape index (κ1) is 27.3. The lowest BCUT2D eigenvalue weighted by Gasteiger charge is -2.48. The smallest absolute Gasteiger partial charge is 0.338 e. The molecule has 0 unspecified atom stereocenters. The van der Waals surface area contributed by atoms with Crippen LogP contribution in [0.4, 0.5) is 0 Å². The van der Waals surface area contributed by atoms with Crippen LogP contribution in [0.2, 0.25) is 0 Å². The zero-order chi connectivity index (χ0) is 29.5. The van der Waals surface area contributed by atoms with Gasteiger partial charge in [0.05, 0.1) is 22.5 Å². The molecule has 2 aromatic carbocycles. The van der Waals surface area contributed by atoms with Gasteiger partial charge in [0.2, 0.25) is 0 Å².